The van der Waals surface area contributed by atoms with Crippen LogP contribution in [0, 0.1) is 5.41 Å². The summed E-state index contributed by atoms with van der Waals surface area (Å²) in [6, 6.07) is 10.1. The summed E-state index contributed by atoms with van der Waals surface area (Å²) < 4.78 is 6.02. The molecule has 1 fully saturated rings. The number of nitrogens with zero attached hydrogens (tertiary/aromatic N) is 2. The molecule has 1 saturated heterocycles. The predicted octanol–water partition coefficient (Wildman–Crippen LogP) is 2.87. The lowest BCUT2D eigenvalue weighted by Crippen LogP contribution is -2.47. The summed E-state index contributed by atoms with van der Waals surface area (Å²) in [4.78, 5) is 18.4. The van der Waals surface area contributed by atoms with Gasteiger partial charge in [0.1, 0.15) is 17.8 Å². The summed E-state index contributed by atoms with van der Waals surface area (Å²) in [6.07, 6.45) is 6.89. The van der Waals surface area contributed by atoms with E-state index in [0.717, 1.165) is 37.4 Å². The molecule has 28 heavy (non-hydrogen) atoms. The van der Waals surface area contributed by atoms with E-state index < -0.39 is 11.4 Å². The number of hydrogen-bond donors (Lipinski definition) is 2. The second-order valence-electron chi connectivity index (χ2n) is 7.78. The molecular formula is C22H27N3O3. The fraction of sp³-hybridized carbons (Fsp3) is 0.455. The van der Waals surface area contributed by atoms with Gasteiger partial charge in [-0.1, -0.05) is 6.07 Å². The number of nitrogens with one attached hydrogen (secondary N) is 1. The number of carboxylic acids is 1. The standard InChI is InChI=1S/C22H27N3O3/c26-21(27)22(7-12-25(13-8-22)19-5-10-23-11-6-19)16-28-20-4-3-17-2-1-9-24-15-18(17)14-20/h3-6,10-11,14,24H,1-2,7-9,12-13,15-16H2,(H,26,27). The van der Waals surface area contributed by atoms with E-state index in [9.17, 15) is 9.90 Å². The van der Waals surface area contributed by atoms with Crippen molar-refractivity contribution in [2.24, 2.45) is 5.41 Å². The number of carbonyl (C=O) groups is 1. The van der Waals surface area contributed by atoms with Crippen LogP contribution in [0.4, 0.5) is 5.69 Å². The van der Waals surface area contributed by atoms with E-state index >= 15 is 0 Å². The molecule has 6 heteroatoms. The Labute approximate surface area is 165 Å². The average Bonchev–Trinajstić information content (AvgIpc) is 2.98. The van der Waals surface area contributed by atoms with Gasteiger partial charge in [-0.3, -0.25) is 9.78 Å². The van der Waals surface area contributed by atoms with Crippen molar-refractivity contribution >= 4 is 11.7 Å². The van der Waals surface area contributed by atoms with Crippen LogP contribution in [0.1, 0.15) is 30.4 Å². The first-order chi connectivity index (χ1) is 13.7. The Balaban J connectivity index is 1.42. The van der Waals surface area contributed by atoms with Crippen LogP contribution in [-0.2, 0) is 17.8 Å². The van der Waals surface area contributed by atoms with Crippen molar-refractivity contribution in [2.45, 2.75) is 32.2 Å². The monoisotopic (exact) mass is 381 g/mol. The van der Waals surface area contributed by atoms with Crippen LogP contribution in [0.15, 0.2) is 42.7 Å². The molecule has 2 aliphatic heterocycles. The summed E-state index contributed by atoms with van der Waals surface area (Å²) in [5.74, 6) is -0.00190. The minimum Gasteiger partial charge on any atom is -0.492 e. The molecule has 1 aromatic heterocycles. The minimum atomic E-state index is -0.839. The quantitative estimate of drug-likeness (QED) is 0.830. The molecule has 0 radical (unpaired) electrons. The average molecular weight is 381 g/mol. The first-order valence-electron chi connectivity index (χ1n) is 10.00. The van der Waals surface area contributed by atoms with E-state index in [4.69, 9.17) is 4.74 Å². The van der Waals surface area contributed by atoms with Crippen LogP contribution in [0.25, 0.3) is 0 Å². The van der Waals surface area contributed by atoms with E-state index in [0.29, 0.717) is 25.9 Å². The second kappa shape index (κ2) is 8.19. The van der Waals surface area contributed by atoms with E-state index in [1.54, 1.807) is 12.4 Å². The molecule has 2 N–H and O–H groups in total. The highest BCUT2D eigenvalue weighted by Gasteiger charge is 2.42. The number of hydrogen-bond acceptors (Lipinski definition) is 5. The van der Waals surface area contributed by atoms with Crippen LogP contribution < -0.4 is 15.0 Å². The molecule has 0 spiro atoms. The Bertz CT molecular complexity index is 817. The van der Waals surface area contributed by atoms with E-state index in [1.807, 2.05) is 18.2 Å². The normalized spacial score (nSPS) is 18.8. The third kappa shape index (κ3) is 3.97. The summed E-state index contributed by atoms with van der Waals surface area (Å²) in [5.41, 5.74) is 2.87. The number of aryl methyl sites for hydroxylation is 1. The van der Waals surface area contributed by atoms with Crippen molar-refractivity contribution in [1.29, 1.82) is 0 Å². The summed E-state index contributed by atoms with van der Waals surface area (Å²) in [5, 5.41) is 13.4. The largest absolute Gasteiger partial charge is 0.492 e. The lowest BCUT2D eigenvalue weighted by atomic mass is 9.79. The third-order valence-electron chi connectivity index (χ3n) is 6.01. The number of aliphatic carboxylic acids is 1. The van der Waals surface area contributed by atoms with Crippen LogP contribution >= 0.6 is 0 Å². The number of fused-ring (bicyclic) bond motifs is 1. The molecule has 6 nitrogen and oxygen atoms in total. The molecule has 148 valence electrons. The first-order valence-corrected chi connectivity index (χ1v) is 10.00. The van der Waals surface area contributed by atoms with Crippen molar-refractivity contribution in [2.75, 3.05) is 31.1 Å². The topological polar surface area (TPSA) is 74.7 Å². The summed E-state index contributed by atoms with van der Waals surface area (Å²) in [6.45, 7) is 3.48. The zero-order valence-electron chi connectivity index (χ0n) is 16.1. The van der Waals surface area contributed by atoms with Crippen molar-refractivity contribution < 1.29 is 14.6 Å². The van der Waals surface area contributed by atoms with Gasteiger partial charge in [0.05, 0.1) is 0 Å². The van der Waals surface area contributed by atoms with Crippen molar-refractivity contribution in [3.63, 3.8) is 0 Å². The molecule has 0 bridgehead atoms. The van der Waals surface area contributed by atoms with Crippen LogP contribution in [0.2, 0.25) is 0 Å². The van der Waals surface area contributed by atoms with Gasteiger partial charge in [-0.2, -0.15) is 0 Å². The van der Waals surface area contributed by atoms with Gasteiger partial charge in [0, 0.05) is 37.7 Å². The third-order valence-corrected chi connectivity index (χ3v) is 6.01. The SMILES string of the molecule is O=C(O)C1(COc2ccc3c(c2)CNCCC3)CCN(c2ccncc2)CC1. The summed E-state index contributed by atoms with van der Waals surface area (Å²) in [7, 11) is 0. The Morgan fingerprint density at radius 1 is 1.18 bits per heavy atom. The minimum absolute atomic E-state index is 0.207. The molecule has 0 amide bonds. The summed E-state index contributed by atoms with van der Waals surface area (Å²) >= 11 is 0. The van der Waals surface area contributed by atoms with Gasteiger partial charge in [0.2, 0.25) is 0 Å². The number of carboxylic acid groups (broad SMARTS) is 1. The zero-order valence-corrected chi connectivity index (χ0v) is 16.1. The van der Waals surface area contributed by atoms with Crippen molar-refractivity contribution in [1.82, 2.24) is 10.3 Å². The number of aromatic nitrogens is 1. The highest BCUT2D eigenvalue weighted by molar-refractivity contribution is 5.75. The van der Waals surface area contributed by atoms with Crippen LogP contribution in [0.3, 0.4) is 0 Å². The molecule has 0 atom stereocenters. The van der Waals surface area contributed by atoms with Gasteiger partial charge in [-0.25, -0.2) is 0 Å². The number of benzene rings is 1. The Morgan fingerprint density at radius 2 is 1.96 bits per heavy atom. The number of piperidine rings is 1. The molecule has 0 unspecified atom stereocenters. The van der Waals surface area contributed by atoms with Gasteiger partial charge < -0.3 is 20.1 Å². The highest BCUT2D eigenvalue weighted by Crippen LogP contribution is 2.35. The van der Waals surface area contributed by atoms with Gasteiger partial charge in [0.15, 0.2) is 0 Å². The maximum atomic E-state index is 12.1. The van der Waals surface area contributed by atoms with E-state index in [1.165, 1.54) is 11.1 Å². The second-order valence-corrected chi connectivity index (χ2v) is 7.78. The Morgan fingerprint density at radius 3 is 2.71 bits per heavy atom. The number of anilines is 1. The highest BCUT2D eigenvalue weighted by atomic mass is 16.5. The number of pyridine rings is 1. The smallest absolute Gasteiger partial charge is 0.313 e. The predicted molar refractivity (Wildman–Crippen MR) is 108 cm³/mol. The number of ether oxygens (including phenoxy) is 1. The molecule has 4 rings (SSSR count). The molecule has 0 aliphatic carbocycles. The van der Waals surface area contributed by atoms with Crippen LogP contribution in [0.5, 0.6) is 5.75 Å². The maximum Gasteiger partial charge on any atom is 0.313 e. The lowest BCUT2D eigenvalue weighted by Gasteiger charge is -2.39. The van der Waals surface area contributed by atoms with Crippen molar-refractivity contribution in [3.05, 3.63) is 53.9 Å². The lowest BCUT2D eigenvalue weighted by molar-refractivity contribution is -0.152. The molecule has 0 saturated carbocycles. The van der Waals surface area contributed by atoms with E-state index in [2.05, 4.69) is 27.3 Å². The molecular weight excluding hydrogens is 354 g/mol. The molecule has 2 aliphatic rings. The van der Waals surface area contributed by atoms with Crippen molar-refractivity contribution in [3.8, 4) is 5.75 Å². The Kier molecular flexibility index (Phi) is 5.48. The maximum absolute atomic E-state index is 12.1. The molecule has 2 aromatic rings. The molecule has 3 heterocycles. The Hall–Kier alpha value is -2.60. The van der Waals surface area contributed by atoms with Gasteiger partial charge in [0.25, 0.3) is 0 Å². The van der Waals surface area contributed by atoms with E-state index in [-0.39, 0.29) is 6.61 Å². The fourth-order valence-electron chi connectivity index (χ4n) is 4.12. The number of rotatable bonds is 5. The van der Waals surface area contributed by atoms with Gasteiger partial charge in [-0.15, -0.1) is 0 Å². The molecule has 1 aromatic carbocycles. The van der Waals surface area contributed by atoms with Gasteiger partial charge >= 0.3 is 5.97 Å². The van der Waals surface area contributed by atoms with Crippen LogP contribution in [-0.4, -0.2) is 42.3 Å². The zero-order chi connectivity index (χ0) is 19.4. The van der Waals surface area contributed by atoms with Gasteiger partial charge in [-0.05, 0) is 67.6 Å². The fourth-order valence-corrected chi connectivity index (χ4v) is 4.12. The first kappa shape index (κ1) is 18.7.